The van der Waals surface area contributed by atoms with Crippen molar-refractivity contribution < 1.29 is 4.79 Å². The van der Waals surface area contributed by atoms with Gasteiger partial charge in [-0.2, -0.15) is 0 Å². The van der Waals surface area contributed by atoms with E-state index in [1.807, 2.05) is 24.3 Å². The Morgan fingerprint density at radius 3 is 2.40 bits per heavy atom. The van der Waals surface area contributed by atoms with Crippen LogP contribution >= 0.6 is 11.6 Å². The van der Waals surface area contributed by atoms with Crippen LogP contribution in [0.3, 0.4) is 0 Å². The maximum Gasteiger partial charge on any atom is 0.221 e. The van der Waals surface area contributed by atoms with Gasteiger partial charge in [-0.25, -0.2) is 0 Å². The smallest absolute Gasteiger partial charge is 0.221 e. The Balaban J connectivity index is 1.60. The molecule has 2 aromatic rings. The first-order chi connectivity index (χ1) is 12.1. The van der Waals surface area contributed by atoms with Gasteiger partial charge in [0.05, 0.1) is 0 Å². The van der Waals surface area contributed by atoms with Gasteiger partial charge >= 0.3 is 0 Å². The number of fused-ring (bicyclic) bond motifs is 2. The lowest BCUT2D eigenvalue weighted by atomic mass is 9.80. The second-order valence-corrected chi connectivity index (χ2v) is 7.34. The number of hydrogen-bond donors (Lipinski definition) is 1. The van der Waals surface area contributed by atoms with E-state index >= 15 is 0 Å². The van der Waals surface area contributed by atoms with Crippen LogP contribution in [0.2, 0.25) is 5.02 Å². The summed E-state index contributed by atoms with van der Waals surface area (Å²) >= 11 is 6.05. The predicted octanol–water partition coefficient (Wildman–Crippen LogP) is 4.41. The molecular formula is C21H21ClN2O. The maximum absolute atomic E-state index is 11.2. The summed E-state index contributed by atoms with van der Waals surface area (Å²) in [6.45, 7) is 4.73. The first-order valence-electron chi connectivity index (χ1n) is 8.66. The van der Waals surface area contributed by atoms with Crippen LogP contribution < -0.4 is 5.32 Å². The highest BCUT2D eigenvalue weighted by Gasteiger charge is 2.38. The van der Waals surface area contributed by atoms with Crippen LogP contribution in [0, 0.1) is 5.92 Å². The van der Waals surface area contributed by atoms with E-state index in [0.717, 1.165) is 30.3 Å². The largest absolute Gasteiger partial charge is 0.326 e. The van der Waals surface area contributed by atoms with E-state index in [-0.39, 0.29) is 5.91 Å². The molecule has 1 N–H and O–H groups in total. The number of halogens is 1. The zero-order valence-corrected chi connectivity index (χ0v) is 15.0. The molecule has 2 heterocycles. The molecule has 1 fully saturated rings. The zero-order valence-electron chi connectivity index (χ0n) is 14.2. The van der Waals surface area contributed by atoms with E-state index < -0.39 is 0 Å². The van der Waals surface area contributed by atoms with Crippen LogP contribution in [0.15, 0.2) is 54.6 Å². The fourth-order valence-electron chi connectivity index (χ4n) is 4.06. The lowest BCUT2D eigenvalue weighted by Gasteiger charge is -2.25. The first kappa shape index (κ1) is 16.4. The van der Waals surface area contributed by atoms with Crippen LogP contribution in [0.5, 0.6) is 0 Å². The molecule has 2 aliphatic heterocycles. The van der Waals surface area contributed by atoms with Gasteiger partial charge in [0.1, 0.15) is 0 Å². The van der Waals surface area contributed by atoms with Gasteiger partial charge in [0.25, 0.3) is 0 Å². The van der Waals surface area contributed by atoms with Crippen molar-refractivity contribution in [2.24, 2.45) is 5.92 Å². The van der Waals surface area contributed by atoms with Crippen molar-refractivity contribution in [3.05, 3.63) is 70.8 Å². The fourth-order valence-corrected chi connectivity index (χ4v) is 4.18. The first-order valence-corrected chi connectivity index (χ1v) is 9.04. The van der Waals surface area contributed by atoms with Crippen LogP contribution in [0.1, 0.15) is 24.0 Å². The lowest BCUT2D eigenvalue weighted by Crippen LogP contribution is -2.24. The Kier molecular flexibility index (Phi) is 4.36. The van der Waals surface area contributed by atoms with Gasteiger partial charge in [-0.3, -0.25) is 9.69 Å². The minimum Gasteiger partial charge on any atom is -0.326 e. The number of benzene rings is 2. The Morgan fingerprint density at radius 2 is 1.72 bits per heavy atom. The molecule has 4 rings (SSSR count). The van der Waals surface area contributed by atoms with Crippen LogP contribution in [-0.2, 0) is 4.79 Å². The van der Waals surface area contributed by atoms with Crippen molar-refractivity contribution in [1.82, 2.24) is 4.90 Å². The summed E-state index contributed by atoms with van der Waals surface area (Å²) in [5.74, 6) is 0.945. The maximum atomic E-state index is 11.2. The molecule has 0 saturated carbocycles. The molecule has 25 heavy (non-hydrogen) atoms. The molecular weight excluding hydrogens is 332 g/mol. The van der Waals surface area contributed by atoms with Crippen molar-refractivity contribution in [2.45, 2.75) is 12.8 Å². The molecule has 0 radical (unpaired) electrons. The van der Waals surface area contributed by atoms with Gasteiger partial charge in [0, 0.05) is 49.1 Å². The Hall–Kier alpha value is -2.10. The number of amides is 1. The standard InChI is InChI=1S/C21H21ClN2O/c1-14(25)23-18-8-4-16(5-9-18)20-12-24-11-10-19(21(20)13-24)15-2-6-17(22)7-3-15/h2-10,20-21H,11-13H2,1H3,(H,23,25)/t20-,21+/m0/s1. The van der Waals surface area contributed by atoms with Crippen molar-refractivity contribution in [2.75, 3.05) is 25.0 Å². The monoisotopic (exact) mass is 352 g/mol. The van der Waals surface area contributed by atoms with Crippen LogP contribution in [0.25, 0.3) is 5.57 Å². The number of hydrogen-bond acceptors (Lipinski definition) is 2. The summed E-state index contributed by atoms with van der Waals surface area (Å²) in [5, 5.41) is 3.61. The van der Waals surface area contributed by atoms with Gasteiger partial charge in [0.2, 0.25) is 5.91 Å². The molecule has 0 aliphatic carbocycles. The third-order valence-electron chi connectivity index (χ3n) is 5.20. The van der Waals surface area contributed by atoms with E-state index in [0.29, 0.717) is 11.8 Å². The summed E-state index contributed by atoms with van der Waals surface area (Å²) in [5.41, 5.74) is 4.89. The fraction of sp³-hybridized carbons (Fsp3) is 0.286. The molecule has 1 saturated heterocycles. The van der Waals surface area contributed by atoms with Crippen LogP contribution in [-0.4, -0.2) is 30.4 Å². The highest BCUT2D eigenvalue weighted by atomic mass is 35.5. The average molecular weight is 353 g/mol. The second kappa shape index (κ2) is 6.66. The van der Waals surface area contributed by atoms with Crippen molar-refractivity contribution >= 4 is 28.8 Å². The number of carbonyl (C=O) groups is 1. The summed E-state index contributed by atoms with van der Waals surface area (Å²) < 4.78 is 0. The van der Waals surface area contributed by atoms with E-state index in [9.17, 15) is 4.79 Å². The quantitative estimate of drug-likeness (QED) is 0.887. The molecule has 3 atom stereocenters. The van der Waals surface area contributed by atoms with Gasteiger partial charge in [-0.1, -0.05) is 41.9 Å². The van der Waals surface area contributed by atoms with E-state index in [1.54, 1.807) is 0 Å². The van der Waals surface area contributed by atoms with Gasteiger partial charge in [-0.05, 0) is 41.0 Å². The molecule has 1 amide bonds. The van der Waals surface area contributed by atoms with Gasteiger partial charge < -0.3 is 5.32 Å². The highest BCUT2D eigenvalue weighted by Crippen LogP contribution is 2.43. The van der Waals surface area contributed by atoms with E-state index in [1.165, 1.54) is 23.6 Å². The van der Waals surface area contributed by atoms with Gasteiger partial charge in [0.15, 0.2) is 0 Å². The minimum absolute atomic E-state index is 0.0384. The molecule has 0 aromatic heterocycles. The Bertz CT molecular complexity index is 811. The van der Waals surface area contributed by atoms with Gasteiger partial charge in [-0.15, -0.1) is 0 Å². The summed E-state index contributed by atoms with van der Waals surface area (Å²) in [7, 11) is 0. The third kappa shape index (κ3) is 3.35. The van der Waals surface area contributed by atoms with E-state index in [4.69, 9.17) is 11.6 Å². The summed E-state index contributed by atoms with van der Waals surface area (Å²) in [6, 6.07) is 16.5. The average Bonchev–Trinajstić information content (AvgIpc) is 2.93. The summed E-state index contributed by atoms with van der Waals surface area (Å²) in [6.07, 6.45) is 2.36. The molecule has 128 valence electrons. The molecule has 2 aliphatic rings. The van der Waals surface area contributed by atoms with Crippen LogP contribution in [0.4, 0.5) is 5.69 Å². The third-order valence-corrected chi connectivity index (χ3v) is 5.45. The molecule has 3 nitrogen and oxygen atoms in total. The van der Waals surface area contributed by atoms with E-state index in [2.05, 4.69) is 40.6 Å². The normalized spacial score (nSPS) is 24.7. The molecule has 1 unspecified atom stereocenters. The number of rotatable bonds is 3. The molecule has 2 bridgehead atoms. The molecule has 4 heteroatoms. The number of nitrogens with one attached hydrogen (secondary N) is 1. The van der Waals surface area contributed by atoms with Crippen molar-refractivity contribution in [1.29, 1.82) is 0 Å². The lowest BCUT2D eigenvalue weighted by molar-refractivity contribution is -0.114. The SMILES string of the molecule is CC(=O)Nc1ccc([C@@H]2CN3CC=C(c4ccc(Cl)cc4)[C@H]2C3)cc1. The Labute approximate surface area is 153 Å². The predicted molar refractivity (Wildman–Crippen MR) is 103 cm³/mol. The zero-order chi connectivity index (χ0) is 17.4. The Morgan fingerprint density at radius 1 is 1.04 bits per heavy atom. The topological polar surface area (TPSA) is 32.3 Å². The number of anilines is 1. The highest BCUT2D eigenvalue weighted by molar-refractivity contribution is 6.30. The second-order valence-electron chi connectivity index (χ2n) is 6.90. The summed E-state index contributed by atoms with van der Waals surface area (Å²) in [4.78, 5) is 13.7. The number of nitrogens with zero attached hydrogens (tertiary/aromatic N) is 1. The number of carbonyl (C=O) groups excluding carboxylic acids is 1. The minimum atomic E-state index is -0.0384. The molecule has 2 aromatic carbocycles. The van der Waals surface area contributed by atoms with Crippen molar-refractivity contribution in [3.8, 4) is 0 Å². The molecule has 0 spiro atoms. The van der Waals surface area contributed by atoms with Crippen molar-refractivity contribution in [3.63, 3.8) is 0 Å².